The molecule has 0 spiro atoms. The maximum atomic E-state index is 12.1. The Bertz CT molecular complexity index is 540. The van der Waals surface area contributed by atoms with Crippen LogP contribution in [0.25, 0.3) is 9.40 Å². The molecule has 2 aromatic heterocycles. The van der Waals surface area contributed by atoms with Crippen molar-refractivity contribution in [2.24, 2.45) is 5.92 Å². The second kappa shape index (κ2) is 5.81. The Hall–Kier alpha value is -0.580. The van der Waals surface area contributed by atoms with Gasteiger partial charge in [0.25, 0.3) is 5.91 Å². The third-order valence-corrected chi connectivity index (χ3v) is 6.22. The predicted octanol–water partition coefficient (Wildman–Crippen LogP) is 4.49. The Morgan fingerprint density at radius 3 is 2.84 bits per heavy atom. The van der Waals surface area contributed by atoms with Gasteiger partial charge in [-0.2, -0.15) is 0 Å². The van der Waals surface area contributed by atoms with E-state index >= 15 is 0 Å². The lowest BCUT2D eigenvalue weighted by molar-refractivity contribution is 0.0948. The molecule has 0 radical (unpaired) electrons. The van der Waals surface area contributed by atoms with E-state index in [0.29, 0.717) is 11.3 Å². The van der Waals surface area contributed by atoms with Crippen molar-refractivity contribution in [1.29, 1.82) is 0 Å². The van der Waals surface area contributed by atoms with Gasteiger partial charge in [-0.05, 0) is 49.1 Å². The fourth-order valence-corrected chi connectivity index (χ4v) is 4.80. The summed E-state index contributed by atoms with van der Waals surface area (Å²) in [7, 11) is 0. The highest BCUT2D eigenvalue weighted by Gasteiger charge is 2.20. The molecule has 0 aliphatic heterocycles. The SMILES string of the molecule is O=C(NCC1CCC(Cl)CC1)c1cc2sccc2s1. The molecular weight excluding hydrogens is 298 g/mol. The van der Waals surface area contributed by atoms with Gasteiger partial charge in [0, 0.05) is 21.3 Å². The van der Waals surface area contributed by atoms with Crippen molar-refractivity contribution in [3.05, 3.63) is 22.4 Å². The topological polar surface area (TPSA) is 29.1 Å². The molecule has 19 heavy (non-hydrogen) atoms. The van der Waals surface area contributed by atoms with Crippen LogP contribution in [0.4, 0.5) is 0 Å². The van der Waals surface area contributed by atoms with Crippen LogP contribution in [0.1, 0.15) is 35.4 Å². The van der Waals surface area contributed by atoms with Crippen LogP contribution in [0.5, 0.6) is 0 Å². The first-order chi connectivity index (χ1) is 9.22. The van der Waals surface area contributed by atoms with Gasteiger partial charge in [0.2, 0.25) is 0 Å². The van der Waals surface area contributed by atoms with Gasteiger partial charge in [0.1, 0.15) is 0 Å². The number of rotatable bonds is 3. The number of carbonyl (C=O) groups excluding carboxylic acids is 1. The lowest BCUT2D eigenvalue weighted by Crippen LogP contribution is -2.31. The van der Waals surface area contributed by atoms with Crippen LogP contribution in [0.3, 0.4) is 0 Å². The van der Waals surface area contributed by atoms with Crippen LogP contribution >= 0.6 is 34.3 Å². The van der Waals surface area contributed by atoms with Crippen molar-refractivity contribution in [1.82, 2.24) is 5.32 Å². The van der Waals surface area contributed by atoms with Crippen LogP contribution in [-0.4, -0.2) is 17.8 Å². The van der Waals surface area contributed by atoms with Crippen LogP contribution in [0.15, 0.2) is 17.5 Å². The predicted molar refractivity (Wildman–Crippen MR) is 83.6 cm³/mol. The summed E-state index contributed by atoms with van der Waals surface area (Å²) in [5.74, 6) is 0.668. The Kier molecular flexibility index (Phi) is 4.10. The van der Waals surface area contributed by atoms with Gasteiger partial charge in [-0.1, -0.05) is 0 Å². The number of alkyl halides is 1. The number of thiophene rings is 2. The van der Waals surface area contributed by atoms with Gasteiger partial charge in [-0.25, -0.2) is 0 Å². The van der Waals surface area contributed by atoms with E-state index in [1.807, 2.05) is 6.07 Å². The standard InChI is InChI=1S/C14H16ClNOS2/c15-10-3-1-9(2-4-10)8-16-14(17)13-7-12-11(19-13)5-6-18-12/h5-7,9-10H,1-4,8H2,(H,16,17). The summed E-state index contributed by atoms with van der Waals surface area (Å²) in [5.41, 5.74) is 0. The van der Waals surface area contributed by atoms with Gasteiger partial charge < -0.3 is 5.32 Å². The maximum absolute atomic E-state index is 12.1. The summed E-state index contributed by atoms with van der Waals surface area (Å²) in [5, 5.41) is 5.47. The first kappa shape index (κ1) is 13.4. The van der Waals surface area contributed by atoms with E-state index in [0.717, 1.165) is 37.1 Å². The summed E-state index contributed by atoms with van der Waals surface area (Å²) in [6.07, 6.45) is 4.43. The van der Waals surface area contributed by atoms with Gasteiger partial charge in [0.15, 0.2) is 0 Å². The quantitative estimate of drug-likeness (QED) is 0.831. The van der Waals surface area contributed by atoms with Crippen molar-refractivity contribution in [2.75, 3.05) is 6.54 Å². The molecule has 0 aromatic carbocycles. The highest BCUT2D eigenvalue weighted by molar-refractivity contribution is 7.27. The highest BCUT2D eigenvalue weighted by Crippen LogP contribution is 2.30. The summed E-state index contributed by atoms with van der Waals surface area (Å²) >= 11 is 9.35. The van der Waals surface area contributed by atoms with Crippen LogP contribution in [0, 0.1) is 5.92 Å². The third-order valence-electron chi connectivity index (χ3n) is 3.69. The maximum Gasteiger partial charge on any atom is 0.261 e. The molecule has 0 unspecified atom stereocenters. The third kappa shape index (κ3) is 3.12. The zero-order valence-corrected chi connectivity index (χ0v) is 12.9. The van der Waals surface area contributed by atoms with E-state index in [1.54, 1.807) is 22.7 Å². The molecule has 102 valence electrons. The smallest absolute Gasteiger partial charge is 0.261 e. The Labute approximate surface area is 125 Å². The lowest BCUT2D eigenvalue weighted by Gasteiger charge is -2.24. The molecule has 1 amide bonds. The molecule has 2 nitrogen and oxygen atoms in total. The lowest BCUT2D eigenvalue weighted by atomic mass is 9.89. The van der Waals surface area contributed by atoms with Gasteiger partial charge in [0.05, 0.1) is 4.88 Å². The normalized spacial score (nSPS) is 23.6. The van der Waals surface area contributed by atoms with Crippen molar-refractivity contribution < 1.29 is 4.79 Å². The number of hydrogen-bond acceptors (Lipinski definition) is 3. The van der Waals surface area contributed by atoms with E-state index in [2.05, 4.69) is 16.8 Å². The minimum Gasteiger partial charge on any atom is -0.351 e. The molecule has 0 saturated heterocycles. The zero-order valence-electron chi connectivity index (χ0n) is 10.5. The van der Waals surface area contributed by atoms with Crippen LogP contribution < -0.4 is 5.32 Å². The minimum atomic E-state index is 0.0707. The second-order valence-electron chi connectivity index (χ2n) is 5.09. The van der Waals surface area contributed by atoms with Crippen molar-refractivity contribution in [3.8, 4) is 0 Å². The van der Waals surface area contributed by atoms with E-state index in [1.165, 1.54) is 9.40 Å². The van der Waals surface area contributed by atoms with Crippen molar-refractivity contribution in [3.63, 3.8) is 0 Å². The Morgan fingerprint density at radius 1 is 1.32 bits per heavy atom. The summed E-state index contributed by atoms with van der Waals surface area (Å²) in [6, 6.07) is 4.07. The average Bonchev–Trinajstić information content (AvgIpc) is 2.98. The fraction of sp³-hybridized carbons (Fsp3) is 0.500. The minimum absolute atomic E-state index is 0.0707. The van der Waals surface area contributed by atoms with Crippen molar-refractivity contribution in [2.45, 2.75) is 31.1 Å². The Morgan fingerprint density at radius 2 is 2.11 bits per heavy atom. The molecule has 5 heteroatoms. The molecule has 2 aromatic rings. The average molecular weight is 314 g/mol. The molecule has 1 aliphatic rings. The molecule has 1 N–H and O–H groups in total. The summed E-state index contributed by atoms with van der Waals surface area (Å²) in [6.45, 7) is 0.786. The molecule has 2 heterocycles. The number of amides is 1. The summed E-state index contributed by atoms with van der Waals surface area (Å²) in [4.78, 5) is 12.9. The zero-order chi connectivity index (χ0) is 13.2. The molecule has 1 fully saturated rings. The van der Waals surface area contributed by atoms with Crippen LogP contribution in [-0.2, 0) is 0 Å². The molecular formula is C14H16ClNOS2. The first-order valence-corrected chi connectivity index (χ1v) is 8.75. The second-order valence-corrected chi connectivity index (χ2v) is 7.74. The molecule has 1 saturated carbocycles. The van der Waals surface area contributed by atoms with Crippen LogP contribution in [0.2, 0.25) is 0 Å². The molecule has 0 atom stereocenters. The number of halogens is 1. The van der Waals surface area contributed by atoms with Gasteiger partial charge in [-0.15, -0.1) is 34.3 Å². The number of hydrogen-bond donors (Lipinski definition) is 1. The van der Waals surface area contributed by atoms with E-state index in [4.69, 9.17) is 11.6 Å². The number of carbonyl (C=O) groups is 1. The monoisotopic (exact) mass is 313 g/mol. The largest absolute Gasteiger partial charge is 0.351 e. The van der Waals surface area contributed by atoms with Gasteiger partial charge >= 0.3 is 0 Å². The molecule has 1 aliphatic carbocycles. The summed E-state index contributed by atoms with van der Waals surface area (Å²) < 4.78 is 2.41. The molecule has 3 rings (SSSR count). The van der Waals surface area contributed by atoms with E-state index < -0.39 is 0 Å². The van der Waals surface area contributed by atoms with Crippen molar-refractivity contribution >= 4 is 49.6 Å². The van der Waals surface area contributed by atoms with E-state index in [9.17, 15) is 4.79 Å². The van der Waals surface area contributed by atoms with E-state index in [-0.39, 0.29) is 5.91 Å². The number of nitrogens with one attached hydrogen (secondary N) is 1. The number of fused-ring (bicyclic) bond motifs is 1. The fourth-order valence-electron chi connectivity index (χ4n) is 2.53. The first-order valence-electron chi connectivity index (χ1n) is 6.61. The molecule has 0 bridgehead atoms. The Balaban J connectivity index is 1.55. The highest BCUT2D eigenvalue weighted by atomic mass is 35.5. The van der Waals surface area contributed by atoms with Gasteiger partial charge in [-0.3, -0.25) is 4.79 Å².